The van der Waals surface area contributed by atoms with Gasteiger partial charge >= 0.3 is 12.1 Å². The number of carbonyl (C=O) groups excluding carboxylic acids is 1. The number of nitrogens with one attached hydrogen (secondary N) is 1. The molecule has 23 heavy (non-hydrogen) atoms. The Morgan fingerprint density at radius 1 is 1.13 bits per heavy atom. The minimum atomic E-state index is -4.70. The smallest absolute Gasteiger partial charge is 0.417 e. The SMILES string of the molecule is O=C(O)c1nccnc1C(=O)Nc1ccc(Cl)c(C(F)(F)F)c1. The van der Waals surface area contributed by atoms with E-state index in [0.29, 0.717) is 6.07 Å². The molecule has 0 radical (unpaired) electrons. The summed E-state index contributed by atoms with van der Waals surface area (Å²) in [6, 6.07) is 2.75. The molecule has 1 heterocycles. The Morgan fingerprint density at radius 3 is 2.30 bits per heavy atom. The second-order valence-corrected chi connectivity index (χ2v) is 4.61. The normalized spacial score (nSPS) is 11.1. The zero-order valence-corrected chi connectivity index (χ0v) is 11.8. The largest absolute Gasteiger partial charge is 0.476 e. The van der Waals surface area contributed by atoms with Crippen LogP contribution >= 0.6 is 11.6 Å². The average Bonchev–Trinajstić information content (AvgIpc) is 2.48. The summed E-state index contributed by atoms with van der Waals surface area (Å²) < 4.78 is 38.3. The fraction of sp³-hybridized carbons (Fsp3) is 0.0769. The van der Waals surface area contributed by atoms with Gasteiger partial charge in [0.05, 0.1) is 10.6 Å². The highest BCUT2D eigenvalue weighted by atomic mass is 35.5. The standard InChI is InChI=1S/C13H7ClF3N3O3/c14-8-2-1-6(5-7(8)13(15,16)17)20-11(21)9-10(12(22)23)19-4-3-18-9/h1-5H,(H,20,21)(H,22,23). The van der Waals surface area contributed by atoms with Crippen molar-refractivity contribution in [1.29, 1.82) is 0 Å². The van der Waals surface area contributed by atoms with Crippen molar-refractivity contribution in [3.63, 3.8) is 0 Å². The fourth-order valence-electron chi connectivity index (χ4n) is 1.67. The quantitative estimate of drug-likeness (QED) is 0.891. The molecular formula is C13H7ClF3N3O3. The molecule has 0 atom stereocenters. The van der Waals surface area contributed by atoms with E-state index in [-0.39, 0.29) is 5.69 Å². The van der Waals surface area contributed by atoms with E-state index in [1.165, 1.54) is 0 Å². The maximum atomic E-state index is 12.8. The van der Waals surface area contributed by atoms with Gasteiger partial charge in [0.1, 0.15) is 0 Å². The number of amides is 1. The number of anilines is 1. The Bertz CT molecular complexity index is 781. The van der Waals surface area contributed by atoms with Gasteiger partial charge in [-0.2, -0.15) is 13.2 Å². The van der Waals surface area contributed by atoms with Gasteiger partial charge in [0, 0.05) is 18.1 Å². The number of hydrogen-bond donors (Lipinski definition) is 2. The summed E-state index contributed by atoms with van der Waals surface area (Å²) in [4.78, 5) is 30.0. The molecule has 0 fully saturated rings. The number of nitrogens with zero attached hydrogens (tertiary/aromatic N) is 2. The topological polar surface area (TPSA) is 92.2 Å². The maximum Gasteiger partial charge on any atom is 0.417 e. The number of carboxylic acids is 1. The molecule has 10 heteroatoms. The van der Waals surface area contributed by atoms with Crippen molar-refractivity contribution in [2.45, 2.75) is 6.18 Å². The molecular weight excluding hydrogens is 339 g/mol. The Balaban J connectivity index is 2.34. The first-order valence-electron chi connectivity index (χ1n) is 5.92. The van der Waals surface area contributed by atoms with Gasteiger partial charge in [-0.15, -0.1) is 0 Å². The molecule has 0 saturated carbocycles. The molecule has 1 aromatic heterocycles. The van der Waals surface area contributed by atoms with Gasteiger partial charge in [0.15, 0.2) is 11.4 Å². The average molecular weight is 346 g/mol. The van der Waals surface area contributed by atoms with Gasteiger partial charge in [0.2, 0.25) is 0 Å². The molecule has 0 bridgehead atoms. The maximum absolute atomic E-state index is 12.8. The van der Waals surface area contributed by atoms with Crippen LogP contribution in [0.3, 0.4) is 0 Å². The number of benzene rings is 1. The summed E-state index contributed by atoms with van der Waals surface area (Å²) in [5, 5.41) is 10.5. The number of aromatic nitrogens is 2. The van der Waals surface area contributed by atoms with E-state index >= 15 is 0 Å². The first kappa shape index (κ1) is 16.7. The van der Waals surface area contributed by atoms with Crippen molar-refractivity contribution in [3.8, 4) is 0 Å². The van der Waals surface area contributed by atoms with Crippen LogP contribution in [-0.2, 0) is 6.18 Å². The van der Waals surface area contributed by atoms with Crippen molar-refractivity contribution in [2.75, 3.05) is 5.32 Å². The minimum absolute atomic E-state index is 0.214. The van der Waals surface area contributed by atoms with Crippen LogP contribution < -0.4 is 5.32 Å². The third-order valence-electron chi connectivity index (χ3n) is 2.65. The van der Waals surface area contributed by atoms with Crippen molar-refractivity contribution in [1.82, 2.24) is 9.97 Å². The van der Waals surface area contributed by atoms with Crippen LogP contribution in [-0.4, -0.2) is 27.0 Å². The highest BCUT2D eigenvalue weighted by Gasteiger charge is 2.33. The van der Waals surface area contributed by atoms with Gasteiger partial charge in [-0.3, -0.25) is 4.79 Å². The minimum Gasteiger partial charge on any atom is -0.476 e. The summed E-state index contributed by atoms with van der Waals surface area (Å²) in [7, 11) is 0. The third kappa shape index (κ3) is 3.75. The van der Waals surface area contributed by atoms with Crippen LogP contribution in [0.15, 0.2) is 30.6 Å². The van der Waals surface area contributed by atoms with Crippen molar-refractivity contribution < 1.29 is 27.9 Å². The lowest BCUT2D eigenvalue weighted by Crippen LogP contribution is -2.19. The number of carbonyl (C=O) groups is 2. The van der Waals surface area contributed by atoms with Crippen LogP contribution in [0.1, 0.15) is 26.5 Å². The van der Waals surface area contributed by atoms with Crippen LogP contribution in [0.5, 0.6) is 0 Å². The van der Waals surface area contributed by atoms with E-state index in [4.69, 9.17) is 16.7 Å². The summed E-state index contributed by atoms with van der Waals surface area (Å²) in [6.45, 7) is 0. The molecule has 6 nitrogen and oxygen atoms in total. The third-order valence-corrected chi connectivity index (χ3v) is 2.98. The number of rotatable bonds is 3. The van der Waals surface area contributed by atoms with E-state index in [9.17, 15) is 22.8 Å². The fourth-order valence-corrected chi connectivity index (χ4v) is 1.90. The Kier molecular flexibility index (Phi) is 4.50. The van der Waals surface area contributed by atoms with Gasteiger partial charge in [-0.1, -0.05) is 11.6 Å². The lowest BCUT2D eigenvalue weighted by molar-refractivity contribution is -0.137. The molecule has 0 aliphatic carbocycles. The number of aromatic carboxylic acids is 1. The second kappa shape index (κ2) is 6.21. The van der Waals surface area contributed by atoms with Gasteiger partial charge in [-0.05, 0) is 18.2 Å². The molecule has 0 aliphatic rings. The van der Waals surface area contributed by atoms with E-state index < -0.39 is 40.0 Å². The predicted molar refractivity (Wildman–Crippen MR) is 73.4 cm³/mol. The summed E-state index contributed by atoms with van der Waals surface area (Å²) in [6.07, 6.45) is -2.54. The van der Waals surface area contributed by atoms with Gasteiger partial charge in [-0.25, -0.2) is 14.8 Å². The Labute approximate surface area is 131 Å². The molecule has 0 spiro atoms. The van der Waals surface area contributed by atoms with Crippen molar-refractivity contribution in [3.05, 3.63) is 52.6 Å². The van der Waals surface area contributed by atoms with E-state index in [1.807, 2.05) is 0 Å². The molecule has 0 unspecified atom stereocenters. The summed E-state index contributed by atoms with van der Waals surface area (Å²) in [5.41, 5.74) is -2.48. The molecule has 120 valence electrons. The van der Waals surface area contributed by atoms with E-state index in [1.54, 1.807) is 0 Å². The Hall–Kier alpha value is -2.68. The zero-order valence-electron chi connectivity index (χ0n) is 11.1. The predicted octanol–water partition coefficient (Wildman–Crippen LogP) is 3.10. The van der Waals surface area contributed by atoms with Crippen LogP contribution in [0, 0.1) is 0 Å². The van der Waals surface area contributed by atoms with E-state index in [0.717, 1.165) is 24.5 Å². The molecule has 2 rings (SSSR count). The van der Waals surface area contributed by atoms with E-state index in [2.05, 4.69) is 15.3 Å². The molecule has 0 saturated heterocycles. The number of halogens is 4. The lowest BCUT2D eigenvalue weighted by atomic mass is 10.2. The van der Waals surface area contributed by atoms with Gasteiger partial charge < -0.3 is 10.4 Å². The first-order valence-corrected chi connectivity index (χ1v) is 6.30. The summed E-state index contributed by atoms with van der Waals surface area (Å²) >= 11 is 5.47. The zero-order chi connectivity index (χ0) is 17.2. The van der Waals surface area contributed by atoms with Crippen LogP contribution in [0.4, 0.5) is 18.9 Å². The van der Waals surface area contributed by atoms with Crippen molar-refractivity contribution in [2.24, 2.45) is 0 Å². The first-order chi connectivity index (χ1) is 10.7. The van der Waals surface area contributed by atoms with Crippen molar-refractivity contribution >= 4 is 29.2 Å². The number of hydrogen-bond acceptors (Lipinski definition) is 4. The molecule has 1 amide bonds. The second-order valence-electron chi connectivity index (χ2n) is 4.21. The lowest BCUT2D eigenvalue weighted by Gasteiger charge is -2.12. The highest BCUT2D eigenvalue weighted by Crippen LogP contribution is 2.36. The molecule has 2 aromatic rings. The van der Waals surface area contributed by atoms with Gasteiger partial charge in [0.25, 0.3) is 5.91 Å². The Morgan fingerprint density at radius 2 is 1.74 bits per heavy atom. The highest BCUT2D eigenvalue weighted by molar-refractivity contribution is 6.31. The molecule has 1 aromatic carbocycles. The number of alkyl halides is 3. The molecule has 0 aliphatic heterocycles. The van der Waals surface area contributed by atoms with Crippen LogP contribution in [0.2, 0.25) is 5.02 Å². The summed E-state index contributed by atoms with van der Waals surface area (Å²) in [5.74, 6) is -2.50. The molecule has 2 N–H and O–H groups in total. The number of carboxylic acid groups (broad SMARTS) is 1. The monoisotopic (exact) mass is 345 g/mol. The van der Waals surface area contributed by atoms with Crippen LogP contribution in [0.25, 0.3) is 0 Å².